The highest BCUT2D eigenvalue weighted by Gasteiger charge is 2.57. The predicted octanol–water partition coefficient (Wildman–Crippen LogP) is 4.34. The molecule has 0 aromatic heterocycles. The van der Waals surface area contributed by atoms with E-state index in [0.29, 0.717) is 11.3 Å². The quantitative estimate of drug-likeness (QED) is 0.344. The average molecular weight is 319 g/mol. The number of fused-ring (bicyclic) bond motifs is 3. The Bertz CT molecular complexity index is 528. The Morgan fingerprint density at radius 3 is 2.70 bits per heavy atom. The van der Waals surface area contributed by atoms with Crippen LogP contribution in [-0.2, 0) is 4.79 Å². The van der Waals surface area contributed by atoms with Crippen molar-refractivity contribution >= 4 is 5.91 Å². The van der Waals surface area contributed by atoms with Crippen molar-refractivity contribution in [3.8, 4) is 0 Å². The lowest BCUT2D eigenvalue weighted by Crippen LogP contribution is -2.56. The Morgan fingerprint density at radius 1 is 1.30 bits per heavy atom. The maximum absolute atomic E-state index is 12.5. The molecule has 3 rings (SSSR count). The highest BCUT2D eigenvalue weighted by atomic mass is 16.2. The van der Waals surface area contributed by atoms with Gasteiger partial charge in [0.25, 0.3) is 0 Å². The summed E-state index contributed by atoms with van der Waals surface area (Å²) in [4.78, 5) is 12.5. The van der Waals surface area contributed by atoms with E-state index in [1.165, 1.54) is 38.5 Å². The maximum Gasteiger partial charge on any atom is 0.240 e. The molecule has 0 bridgehead atoms. The van der Waals surface area contributed by atoms with E-state index in [9.17, 15) is 4.79 Å². The second-order valence-corrected chi connectivity index (χ2v) is 9.22. The molecule has 0 heterocycles. The van der Waals surface area contributed by atoms with Gasteiger partial charge >= 0.3 is 0 Å². The third kappa shape index (κ3) is 2.47. The fourth-order valence-corrected chi connectivity index (χ4v) is 6.22. The van der Waals surface area contributed by atoms with E-state index in [4.69, 9.17) is 5.84 Å². The summed E-state index contributed by atoms with van der Waals surface area (Å²) in [7, 11) is 0. The number of rotatable bonds is 2. The molecule has 130 valence electrons. The molecule has 0 aliphatic heterocycles. The highest BCUT2D eigenvalue weighted by molar-refractivity contribution is 5.82. The molecule has 1 amide bonds. The third-order valence-electron chi connectivity index (χ3n) is 7.89. The van der Waals surface area contributed by atoms with E-state index < -0.39 is 0 Å². The molecular weight excluding hydrogens is 284 g/mol. The molecular formula is C20H34N2O. The fraction of sp³-hybridized carbons (Fsp3) is 0.850. The van der Waals surface area contributed by atoms with E-state index in [0.717, 1.165) is 18.8 Å². The predicted molar refractivity (Wildman–Crippen MR) is 94.3 cm³/mol. The van der Waals surface area contributed by atoms with Crippen LogP contribution in [0, 0.1) is 28.1 Å². The summed E-state index contributed by atoms with van der Waals surface area (Å²) >= 11 is 0. The van der Waals surface area contributed by atoms with Crippen LogP contribution in [0.5, 0.6) is 0 Å². The third-order valence-corrected chi connectivity index (χ3v) is 7.89. The molecule has 0 aromatic rings. The van der Waals surface area contributed by atoms with Gasteiger partial charge in [-0.15, -0.1) is 0 Å². The van der Waals surface area contributed by atoms with Crippen molar-refractivity contribution in [3.63, 3.8) is 0 Å². The number of hydrazine groups is 1. The molecule has 3 aliphatic rings. The standard InChI is InChI=1S/C20H34N2O/c1-5-18(2)12-9-15-14(13-18)7-8-16-19(15,3)10-6-11-20(16,4)17(23)22-21/h9,14,16H,5-8,10-13,21H2,1-4H3,(H,22,23)/t14-,16-,18-,19-,20+/m0/s1. The number of hydrogen-bond acceptors (Lipinski definition) is 2. The average Bonchev–Trinajstić information content (AvgIpc) is 2.53. The van der Waals surface area contributed by atoms with Gasteiger partial charge in [0.05, 0.1) is 5.41 Å². The minimum Gasteiger partial charge on any atom is -0.294 e. The van der Waals surface area contributed by atoms with E-state index >= 15 is 0 Å². The first-order valence-electron chi connectivity index (χ1n) is 9.51. The molecule has 3 heteroatoms. The van der Waals surface area contributed by atoms with E-state index in [1.807, 2.05) is 0 Å². The van der Waals surface area contributed by atoms with Gasteiger partial charge < -0.3 is 0 Å². The van der Waals surface area contributed by atoms with Gasteiger partial charge in [0.1, 0.15) is 0 Å². The van der Waals surface area contributed by atoms with Crippen LogP contribution in [0.4, 0.5) is 0 Å². The van der Waals surface area contributed by atoms with E-state index in [-0.39, 0.29) is 16.7 Å². The Labute approximate surface area is 141 Å². The van der Waals surface area contributed by atoms with Crippen LogP contribution in [0.15, 0.2) is 11.6 Å². The first kappa shape index (κ1) is 17.0. The molecule has 0 aromatic carbocycles. The second-order valence-electron chi connectivity index (χ2n) is 9.22. The van der Waals surface area contributed by atoms with Gasteiger partial charge in [-0.25, -0.2) is 5.84 Å². The van der Waals surface area contributed by atoms with Gasteiger partial charge in [0.2, 0.25) is 5.91 Å². The van der Waals surface area contributed by atoms with Crippen molar-refractivity contribution < 1.29 is 4.79 Å². The number of nitrogens with one attached hydrogen (secondary N) is 1. The van der Waals surface area contributed by atoms with Gasteiger partial charge in [0.15, 0.2) is 0 Å². The molecule has 0 radical (unpaired) electrons. The number of carbonyl (C=O) groups excluding carboxylic acids is 1. The van der Waals surface area contributed by atoms with Crippen LogP contribution in [0.2, 0.25) is 0 Å². The smallest absolute Gasteiger partial charge is 0.240 e. The number of hydrogen-bond donors (Lipinski definition) is 2. The molecule has 3 aliphatic carbocycles. The van der Waals surface area contributed by atoms with Crippen LogP contribution >= 0.6 is 0 Å². The number of carbonyl (C=O) groups is 1. The topological polar surface area (TPSA) is 55.1 Å². The first-order valence-corrected chi connectivity index (χ1v) is 9.51. The van der Waals surface area contributed by atoms with Crippen molar-refractivity contribution in [2.45, 2.75) is 79.1 Å². The first-order chi connectivity index (χ1) is 10.8. The van der Waals surface area contributed by atoms with Gasteiger partial charge in [-0.3, -0.25) is 10.2 Å². The zero-order valence-corrected chi connectivity index (χ0v) is 15.4. The summed E-state index contributed by atoms with van der Waals surface area (Å²) in [5, 5.41) is 0. The largest absolute Gasteiger partial charge is 0.294 e. The molecule has 3 N–H and O–H groups in total. The molecule has 2 fully saturated rings. The summed E-state index contributed by atoms with van der Waals surface area (Å²) in [6, 6.07) is 0. The molecule has 3 nitrogen and oxygen atoms in total. The SMILES string of the molecule is CC[C@@]1(C)CC=C2[C@@H](CC[C@@H]3[C@](C)(C(=O)NN)CCC[C@@]23C)C1. The normalized spacial score (nSPS) is 46.4. The van der Waals surface area contributed by atoms with Gasteiger partial charge in [0, 0.05) is 0 Å². The Morgan fingerprint density at radius 2 is 2.04 bits per heavy atom. The monoisotopic (exact) mass is 318 g/mol. The van der Waals surface area contributed by atoms with Gasteiger partial charge in [-0.1, -0.05) is 52.2 Å². The zero-order chi connectivity index (χ0) is 16.9. The van der Waals surface area contributed by atoms with Crippen molar-refractivity contribution in [2.75, 3.05) is 0 Å². The Hall–Kier alpha value is -0.830. The molecule has 0 unspecified atom stereocenters. The summed E-state index contributed by atoms with van der Waals surface area (Å²) in [5.41, 5.74) is 4.50. The summed E-state index contributed by atoms with van der Waals surface area (Å²) < 4.78 is 0. The lowest BCUT2D eigenvalue weighted by atomic mass is 9.46. The molecule has 0 spiro atoms. The second kappa shape index (κ2) is 5.61. The van der Waals surface area contributed by atoms with Gasteiger partial charge in [-0.2, -0.15) is 0 Å². The van der Waals surface area contributed by atoms with Crippen LogP contribution in [0.25, 0.3) is 0 Å². The van der Waals surface area contributed by atoms with Crippen molar-refractivity contribution in [1.29, 1.82) is 0 Å². The van der Waals surface area contributed by atoms with E-state index in [2.05, 4.69) is 39.2 Å². The highest BCUT2D eigenvalue weighted by Crippen LogP contribution is 2.63. The minimum absolute atomic E-state index is 0.0432. The number of allylic oxidation sites excluding steroid dienone is 2. The van der Waals surface area contributed by atoms with Gasteiger partial charge in [-0.05, 0) is 61.2 Å². The van der Waals surface area contributed by atoms with E-state index in [1.54, 1.807) is 5.57 Å². The summed E-state index contributed by atoms with van der Waals surface area (Å²) in [6.07, 6.45) is 12.1. The molecule has 2 saturated carbocycles. The van der Waals surface area contributed by atoms with Crippen LogP contribution in [0.3, 0.4) is 0 Å². The number of nitrogens with two attached hydrogens (primary N) is 1. The van der Waals surface area contributed by atoms with Crippen LogP contribution < -0.4 is 11.3 Å². The maximum atomic E-state index is 12.5. The molecule has 0 saturated heterocycles. The minimum atomic E-state index is -0.306. The van der Waals surface area contributed by atoms with Crippen molar-refractivity contribution in [1.82, 2.24) is 5.43 Å². The zero-order valence-electron chi connectivity index (χ0n) is 15.4. The Balaban J connectivity index is 1.96. The van der Waals surface area contributed by atoms with Crippen molar-refractivity contribution in [3.05, 3.63) is 11.6 Å². The summed E-state index contributed by atoms with van der Waals surface area (Å²) in [6.45, 7) is 9.36. The van der Waals surface area contributed by atoms with Crippen molar-refractivity contribution in [2.24, 2.45) is 33.9 Å². The molecule has 5 atom stereocenters. The number of amides is 1. The van der Waals surface area contributed by atoms with Crippen LogP contribution in [0.1, 0.15) is 79.1 Å². The lowest BCUT2D eigenvalue weighted by molar-refractivity contribution is -0.142. The summed E-state index contributed by atoms with van der Waals surface area (Å²) in [5.74, 6) is 6.73. The van der Waals surface area contributed by atoms with Crippen LogP contribution in [-0.4, -0.2) is 5.91 Å². The lowest BCUT2D eigenvalue weighted by Gasteiger charge is -2.58. The Kier molecular flexibility index (Phi) is 4.15. The fourth-order valence-electron chi connectivity index (χ4n) is 6.22. The molecule has 23 heavy (non-hydrogen) atoms.